The number of esters is 1. The molecule has 0 aromatic heterocycles. The largest absolute Gasteiger partial charge is 0.465 e. The first kappa shape index (κ1) is 19.5. The molecule has 4 nitrogen and oxygen atoms in total. The lowest BCUT2D eigenvalue weighted by Gasteiger charge is -2.31. The molecule has 1 aliphatic heterocycles. The summed E-state index contributed by atoms with van der Waals surface area (Å²) >= 11 is 0. The van der Waals surface area contributed by atoms with E-state index in [4.69, 9.17) is 4.74 Å². The van der Waals surface area contributed by atoms with Gasteiger partial charge in [0.15, 0.2) is 0 Å². The van der Waals surface area contributed by atoms with E-state index < -0.39 is 0 Å². The van der Waals surface area contributed by atoms with Gasteiger partial charge in [-0.25, -0.2) is 0 Å². The van der Waals surface area contributed by atoms with Crippen LogP contribution >= 0.6 is 0 Å². The molecule has 0 aliphatic carbocycles. The van der Waals surface area contributed by atoms with Crippen LogP contribution < -0.4 is 0 Å². The molecule has 4 heteroatoms. The number of piperidine rings is 1. The van der Waals surface area contributed by atoms with E-state index in [9.17, 15) is 9.59 Å². The molecule has 138 valence electrons. The third-order valence-electron chi connectivity index (χ3n) is 4.91. The van der Waals surface area contributed by atoms with Gasteiger partial charge in [-0.3, -0.25) is 9.59 Å². The zero-order valence-corrected chi connectivity index (χ0v) is 15.6. The van der Waals surface area contributed by atoms with Gasteiger partial charge in [-0.2, -0.15) is 0 Å². The molecule has 0 bridgehead atoms. The van der Waals surface area contributed by atoms with Crippen LogP contribution in [0.25, 0.3) is 0 Å². The van der Waals surface area contributed by atoms with E-state index in [2.05, 4.69) is 6.92 Å². The number of amides is 1. The van der Waals surface area contributed by atoms with E-state index in [-0.39, 0.29) is 17.8 Å². The third kappa shape index (κ3) is 6.18. The number of ether oxygens (including phenoxy) is 1. The molecule has 1 aromatic carbocycles. The number of carbonyl (C=O) groups excluding carboxylic acids is 2. The summed E-state index contributed by atoms with van der Waals surface area (Å²) in [6.07, 6.45) is 7.17. The van der Waals surface area contributed by atoms with Gasteiger partial charge in [-0.1, -0.05) is 50.3 Å². The molecule has 1 amide bonds. The predicted octanol–water partition coefficient (Wildman–Crippen LogP) is 4.36. The second-order valence-corrected chi connectivity index (χ2v) is 7.01. The first-order valence-electron chi connectivity index (χ1n) is 9.64. The smallest absolute Gasteiger partial charge is 0.309 e. The van der Waals surface area contributed by atoms with E-state index in [0.29, 0.717) is 32.5 Å². The minimum absolute atomic E-state index is 0.0577. The number of rotatable bonds is 8. The molecule has 1 fully saturated rings. The molecular formula is C21H31NO3. The molecule has 25 heavy (non-hydrogen) atoms. The summed E-state index contributed by atoms with van der Waals surface area (Å²) in [6.45, 7) is 5.99. The Balaban J connectivity index is 1.69. The van der Waals surface area contributed by atoms with Gasteiger partial charge in [0.05, 0.1) is 12.5 Å². The Morgan fingerprint density at radius 1 is 1.04 bits per heavy atom. The first-order chi connectivity index (χ1) is 12.1. The van der Waals surface area contributed by atoms with Crippen LogP contribution in [0.1, 0.15) is 67.8 Å². The highest BCUT2D eigenvalue weighted by molar-refractivity contribution is 5.94. The van der Waals surface area contributed by atoms with Crippen molar-refractivity contribution < 1.29 is 14.3 Å². The minimum Gasteiger partial charge on any atom is -0.465 e. The number of carbonyl (C=O) groups is 2. The molecule has 0 spiro atoms. The van der Waals surface area contributed by atoms with E-state index >= 15 is 0 Å². The summed E-state index contributed by atoms with van der Waals surface area (Å²) in [6, 6.07) is 7.66. The molecule has 1 aromatic rings. The van der Waals surface area contributed by atoms with Crippen LogP contribution in [-0.2, 0) is 9.53 Å². The zero-order chi connectivity index (χ0) is 18.1. The number of aryl methyl sites for hydroxylation is 1. The molecule has 1 aliphatic rings. The Hall–Kier alpha value is -1.84. The Bertz CT molecular complexity index is 545. The first-order valence-corrected chi connectivity index (χ1v) is 9.64. The second kappa shape index (κ2) is 10.2. The lowest BCUT2D eigenvalue weighted by molar-refractivity contribution is -0.150. The van der Waals surface area contributed by atoms with Crippen LogP contribution in [0, 0.1) is 12.8 Å². The third-order valence-corrected chi connectivity index (χ3v) is 4.91. The van der Waals surface area contributed by atoms with Gasteiger partial charge >= 0.3 is 5.97 Å². The maximum Gasteiger partial charge on any atom is 0.309 e. The van der Waals surface area contributed by atoms with E-state index in [0.717, 1.165) is 24.0 Å². The van der Waals surface area contributed by atoms with Gasteiger partial charge in [0.25, 0.3) is 5.91 Å². The van der Waals surface area contributed by atoms with Gasteiger partial charge < -0.3 is 9.64 Å². The van der Waals surface area contributed by atoms with Crippen molar-refractivity contribution in [1.29, 1.82) is 0 Å². The summed E-state index contributed by atoms with van der Waals surface area (Å²) in [5.74, 6) is -0.0848. The molecule has 1 heterocycles. The lowest BCUT2D eigenvalue weighted by atomic mass is 9.96. The fourth-order valence-corrected chi connectivity index (χ4v) is 3.19. The SMILES string of the molecule is CCCCCCCOC(=O)C1CCN(C(=O)c2ccc(C)cc2)CC1. The number of likely N-dealkylation sites (tertiary alicyclic amines) is 1. The molecule has 0 radical (unpaired) electrons. The van der Waals surface area contributed by atoms with Crippen molar-refractivity contribution in [3.63, 3.8) is 0 Å². The number of benzene rings is 1. The van der Waals surface area contributed by atoms with Crippen LogP contribution in [-0.4, -0.2) is 36.5 Å². The molecular weight excluding hydrogens is 314 g/mol. The average Bonchev–Trinajstić information content (AvgIpc) is 2.64. The van der Waals surface area contributed by atoms with E-state index in [1.165, 1.54) is 19.3 Å². The summed E-state index contributed by atoms with van der Waals surface area (Å²) < 4.78 is 5.41. The van der Waals surface area contributed by atoms with Gasteiger partial charge in [-0.05, 0) is 38.3 Å². The van der Waals surface area contributed by atoms with Crippen LogP contribution in [0.5, 0.6) is 0 Å². The van der Waals surface area contributed by atoms with Crippen molar-refractivity contribution >= 4 is 11.9 Å². The molecule has 0 atom stereocenters. The summed E-state index contributed by atoms with van der Waals surface area (Å²) in [5.41, 5.74) is 1.87. The fraction of sp³-hybridized carbons (Fsp3) is 0.619. The van der Waals surface area contributed by atoms with Crippen molar-refractivity contribution in [2.75, 3.05) is 19.7 Å². The Morgan fingerprint density at radius 3 is 2.32 bits per heavy atom. The van der Waals surface area contributed by atoms with Crippen molar-refractivity contribution in [1.82, 2.24) is 4.90 Å². The van der Waals surface area contributed by atoms with Gasteiger partial charge in [0.2, 0.25) is 0 Å². The van der Waals surface area contributed by atoms with Crippen molar-refractivity contribution in [2.24, 2.45) is 5.92 Å². The molecule has 0 N–H and O–H groups in total. The molecule has 0 saturated carbocycles. The van der Waals surface area contributed by atoms with E-state index in [1.54, 1.807) is 0 Å². The van der Waals surface area contributed by atoms with Crippen molar-refractivity contribution in [2.45, 2.75) is 58.8 Å². The fourth-order valence-electron chi connectivity index (χ4n) is 3.19. The second-order valence-electron chi connectivity index (χ2n) is 7.01. The molecule has 0 unspecified atom stereocenters. The highest BCUT2D eigenvalue weighted by atomic mass is 16.5. The number of nitrogens with zero attached hydrogens (tertiary/aromatic N) is 1. The minimum atomic E-state index is -0.0853. The summed E-state index contributed by atoms with van der Waals surface area (Å²) in [4.78, 5) is 26.5. The lowest BCUT2D eigenvalue weighted by Crippen LogP contribution is -2.40. The Kier molecular flexibility index (Phi) is 7.96. The zero-order valence-electron chi connectivity index (χ0n) is 15.6. The monoisotopic (exact) mass is 345 g/mol. The van der Waals surface area contributed by atoms with Crippen molar-refractivity contribution in [3.8, 4) is 0 Å². The predicted molar refractivity (Wildman–Crippen MR) is 99.5 cm³/mol. The average molecular weight is 345 g/mol. The number of unbranched alkanes of at least 4 members (excludes halogenated alkanes) is 4. The highest BCUT2D eigenvalue weighted by Gasteiger charge is 2.28. The van der Waals surface area contributed by atoms with Crippen LogP contribution in [0.15, 0.2) is 24.3 Å². The standard InChI is InChI=1S/C21H31NO3/c1-3-4-5-6-7-16-25-21(24)19-12-14-22(15-13-19)20(23)18-10-8-17(2)9-11-18/h8-11,19H,3-7,12-16H2,1-2H3. The van der Waals surface area contributed by atoms with Crippen LogP contribution in [0.2, 0.25) is 0 Å². The Morgan fingerprint density at radius 2 is 1.68 bits per heavy atom. The topological polar surface area (TPSA) is 46.6 Å². The number of hydrogen-bond donors (Lipinski definition) is 0. The van der Waals surface area contributed by atoms with Crippen molar-refractivity contribution in [3.05, 3.63) is 35.4 Å². The maximum absolute atomic E-state index is 12.5. The Labute approximate surface area is 151 Å². The van der Waals surface area contributed by atoms with E-state index in [1.807, 2.05) is 36.1 Å². The molecule has 1 saturated heterocycles. The van der Waals surface area contributed by atoms with Crippen LogP contribution in [0.4, 0.5) is 0 Å². The van der Waals surface area contributed by atoms with Gasteiger partial charge in [0, 0.05) is 18.7 Å². The highest BCUT2D eigenvalue weighted by Crippen LogP contribution is 2.21. The number of hydrogen-bond acceptors (Lipinski definition) is 3. The quantitative estimate of drug-likeness (QED) is 0.519. The maximum atomic E-state index is 12.5. The molecule has 2 rings (SSSR count). The normalized spacial score (nSPS) is 15.2. The van der Waals surface area contributed by atoms with Crippen LogP contribution in [0.3, 0.4) is 0 Å². The summed E-state index contributed by atoms with van der Waals surface area (Å²) in [7, 11) is 0. The van der Waals surface area contributed by atoms with Gasteiger partial charge in [-0.15, -0.1) is 0 Å². The van der Waals surface area contributed by atoms with Gasteiger partial charge in [0.1, 0.15) is 0 Å². The summed E-state index contributed by atoms with van der Waals surface area (Å²) in [5, 5.41) is 0.